The highest BCUT2D eigenvalue weighted by atomic mass is 15.1. The molecule has 0 heterocycles. The van der Waals surface area contributed by atoms with E-state index >= 15 is 0 Å². The van der Waals surface area contributed by atoms with Gasteiger partial charge in [0.25, 0.3) is 0 Å². The molecule has 0 aliphatic heterocycles. The average molecular weight is 662 g/mol. The predicted molar refractivity (Wildman–Crippen MR) is 214 cm³/mol. The van der Waals surface area contributed by atoms with E-state index in [0.717, 1.165) is 17.8 Å². The van der Waals surface area contributed by atoms with Gasteiger partial charge in [0.15, 0.2) is 0 Å². The average Bonchev–Trinajstić information content (AvgIpc) is 3.38. The third-order valence-electron chi connectivity index (χ3n) is 13.4. The number of aryl methyl sites for hydroxylation is 1. The Balaban J connectivity index is 1.07. The van der Waals surface area contributed by atoms with Crippen LogP contribution in [0.5, 0.6) is 0 Å². The molecule has 0 saturated heterocycles. The van der Waals surface area contributed by atoms with Gasteiger partial charge in [-0.2, -0.15) is 0 Å². The van der Waals surface area contributed by atoms with Gasteiger partial charge in [0.05, 0.1) is 0 Å². The molecule has 252 valence electrons. The third-order valence-corrected chi connectivity index (χ3v) is 13.4. The summed E-state index contributed by atoms with van der Waals surface area (Å²) in [4.78, 5) is 2.49. The normalized spacial score (nSPS) is 23.5. The monoisotopic (exact) mass is 661 g/mol. The minimum absolute atomic E-state index is 0.0638. The number of hydrogen-bond acceptors (Lipinski definition) is 1. The van der Waals surface area contributed by atoms with E-state index in [0.29, 0.717) is 5.41 Å². The Morgan fingerprint density at radius 2 is 1.04 bits per heavy atom. The molecular weight excluding hydrogens is 615 g/mol. The van der Waals surface area contributed by atoms with Crippen molar-refractivity contribution in [3.8, 4) is 33.4 Å². The quantitative estimate of drug-likeness (QED) is 0.172. The first kappa shape index (κ1) is 30.9. The zero-order valence-electron chi connectivity index (χ0n) is 30.2. The largest absolute Gasteiger partial charge is 0.310 e. The van der Waals surface area contributed by atoms with Gasteiger partial charge in [0.2, 0.25) is 0 Å². The van der Waals surface area contributed by atoms with Crippen molar-refractivity contribution in [1.29, 1.82) is 0 Å². The van der Waals surface area contributed by atoms with Crippen molar-refractivity contribution >= 4 is 17.1 Å². The van der Waals surface area contributed by atoms with Crippen molar-refractivity contribution in [2.75, 3.05) is 4.90 Å². The Hall–Kier alpha value is -4.88. The zero-order chi connectivity index (χ0) is 34.3. The van der Waals surface area contributed by atoms with Crippen LogP contribution in [0.15, 0.2) is 140 Å². The van der Waals surface area contributed by atoms with Crippen LogP contribution in [0.2, 0.25) is 0 Å². The van der Waals surface area contributed by atoms with Gasteiger partial charge < -0.3 is 4.90 Å². The van der Waals surface area contributed by atoms with Gasteiger partial charge >= 0.3 is 0 Å². The number of fused-ring (bicyclic) bond motifs is 3. The summed E-state index contributed by atoms with van der Waals surface area (Å²) in [5.41, 5.74) is 17.5. The minimum atomic E-state index is -0.0638. The van der Waals surface area contributed by atoms with E-state index < -0.39 is 0 Å². The van der Waals surface area contributed by atoms with Crippen LogP contribution in [0.1, 0.15) is 74.6 Å². The molecule has 0 spiro atoms. The summed E-state index contributed by atoms with van der Waals surface area (Å²) in [7, 11) is 0. The maximum atomic E-state index is 2.50. The highest BCUT2D eigenvalue weighted by Crippen LogP contribution is 2.61. The number of benzene rings is 6. The molecule has 4 bridgehead atoms. The molecule has 1 nitrogen and oxygen atoms in total. The Kier molecular flexibility index (Phi) is 7.01. The van der Waals surface area contributed by atoms with Crippen LogP contribution in [0, 0.1) is 24.7 Å². The fourth-order valence-electron chi connectivity index (χ4n) is 11.4. The first-order valence-electron chi connectivity index (χ1n) is 19.3. The molecule has 51 heavy (non-hydrogen) atoms. The van der Waals surface area contributed by atoms with Gasteiger partial charge in [0.1, 0.15) is 0 Å². The Morgan fingerprint density at radius 3 is 1.67 bits per heavy atom. The zero-order valence-corrected chi connectivity index (χ0v) is 30.2. The first-order chi connectivity index (χ1) is 24.9. The maximum absolute atomic E-state index is 2.50. The molecule has 11 rings (SSSR count). The molecule has 0 aromatic heterocycles. The summed E-state index contributed by atoms with van der Waals surface area (Å²) in [5.74, 6) is 2.83. The molecule has 6 aromatic rings. The molecule has 1 heteroatoms. The van der Waals surface area contributed by atoms with E-state index in [1.807, 2.05) is 0 Å². The van der Waals surface area contributed by atoms with Crippen LogP contribution in [0.4, 0.5) is 17.1 Å². The first-order valence-corrected chi connectivity index (χ1v) is 19.3. The fraction of sp³-hybridized carbons (Fsp3) is 0.280. The molecule has 0 N–H and O–H groups in total. The second-order valence-corrected chi connectivity index (χ2v) is 16.9. The van der Waals surface area contributed by atoms with Crippen LogP contribution in [-0.4, -0.2) is 0 Å². The van der Waals surface area contributed by atoms with E-state index in [4.69, 9.17) is 0 Å². The lowest BCUT2D eigenvalue weighted by Crippen LogP contribution is -2.48. The summed E-state index contributed by atoms with van der Waals surface area (Å²) in [6, 6.07) is 52.6. The predicted octanol–water partition coefficient (Wildman–Crippen LogP) is 13.6. The molecular formula is C50H47N. The molecule has 0 amide bonds. The minimum Gasteiger partial charge on any atom is -0.310 e. The van der Waals surface area contributed by atoms with Gasteiger partial charge in [0, 0.05) is 22.5 Å². The lowest BCUT2D eigenvalue weighted by atomic mass is 9.48. The lowest BCUT2D eigenvalue weighted by Gasteiger charge is -2.57. The van der Waals surface area contributed by atoms with Gasteiger partial charge in [-0.15, -0.1) is 0 Å². The Bertz CT molecular complexity index is 2220. The highest BCUT2D eigenvalue weighted by Gasteiger charge is 2.51. The summed E-state index contributed by atoms with van der Waals surface area (Å²) in [5, 5.41) is 0. The molecule has 0 radical (unpaired) electrons. The standard InChI is InChI=1S/C50H47N/c1-33-10-9-15-46-48(33)45-25-24-42(29-47(45)49(46,2)3)51(41-22-18-39(19-23-41)50-30-34-26-35(31-50)28-36(27-34)32-50)40-20-16-38(17-21-40)44-14-8-7-13-43(44)37-11-5-4-6-12-37/h4-25,29,34-36H,26-28,30-32H2,1-3H3. The van der Waals surface area contributed by atoms with E-state index in [2.05, 4.69) is 165 Å². The topological polar surface area (TPSA) is 3.24 Å². The van der Waals surface area contributed by atoms with Crippen LogP contribution in [0.3, 0.4) is 0 Å². The Labute approximate surface area is 304 Å². The molecule has 0 unspecified atom stereocenters. The maximum Gasteiger partial charge on any atom is 0.0465 e. The molecule has 4 fully saturated rings. The fourth-order valence-corrected chi connectivity index (χ4v) is 11.4. The Morgan fingerprint density at radius 1 is 0.490 bits per heavy atom. The second kappa shape index (κ2) is 11.6. The van der Waals surface area contributed by atoms with Crippen molar-refractivity contribution in [2.45, 2.75) is 70.1 Å². The third kappa shape index (κ3) is 4.95. The van der Waals surface area contributed by atoms with Crippen molar-refractivity contribution in [3.05, 3.63) is 162 Å². The van der Waals surface area contributed by atoms with Gasteiger partial charge in [-0.1, -0.05) is 117 Å². The summed E-state index contributed by atoms with van der Waals surface area (Å²) in [6.07, 6.45) is 8.63. The smallest absolute Gasteiger partial charge is 0.0465 e. The van der Waals surface area contributed by atoms with Crippen LogP contribution in [-0.2, 0) is 10.8 Å². The van der Waals surface area contributed by atoms with E-state index in [9.17, 15) is 0 Å². The van der Waals surface area contributed by atoms with Crippen molar-refractivity contribution in [2.24, 2.45) is 17.8 Å². The molecule has 5 aliphatic rings. The number of rotatable bonds is 6. The summed E-state index contributed by atoms with van der Waals surface area (Å²) < 4.78 is 0. The van der Waals surface area contributed by atoms with E-state index in [-0.39, 0.29) is 5.41 Å². The van der Waals surface area contributed by atoms with Crippen LogP contribution in [0.25, 0.3) is 33.4 Å². The van der Waals surface area contributed by atoms with Crippen molar-refractivity contribution in [3.63, 3.8) is 0 Å². The number of anilines is 3. The van der Waals surface area contributed by atoms with Gasteiger partial charge in [-0.25, -0.2) is 0 Å². The SMILES string of the molecule is Cc1cccc2c1-c1ccc(N(c3ccc(-c4ccccc4-c4ccccc4)cc3)c3ccc(C45CC6CC(CC(C6)C4)C5)cc3)cc1C2(C)C. The number of hydrogen-bond donors (Lipinski definition) is 0. The van der Waals surface area contributed by atoms with Gasteiger partial charge in [-0.3, -0.25) is 0 Å². The molecule has 0 atom stereocenters. The highest BCUT2D eigenvalue weighted by molar-refractivity contribution is 5.88. The van der Waals surface area contributed by atoms with Gasteiger partial charge in [-0.05, 0) is 161 Å². The lowest BCUT2D eigenvalue weighted by molar-refractivity contribution is -0.00518. The van der Waals surface area contributed by atoms with Crippen LogP contribution >= 0.6 is 0 Å². The number of nitrogens with zero attached hydrogens (tertiary/aromatic N) is 1. The van der Waals surface area contributed by atoms with E-state index in [1.54, 1.807) is 5.56 Å². The molecule has 4 saturated carbocycles. The molecule has 5 aliphatic carbocycles. The summed E-state index contributed by atoms with van der Waals surface area (Å²) in [6.45, 7) is 7.04. The van der Waals surface area contributed by atoms with Crippen LogP contribution < -0.4 is 4.90 Å². The second-order valence-electron chi connectivity index (χ2n) is 16.9. The summed E-state index contributed by atoms with van der Waals surface area (Å²) >= 11 is 0. The molecule has 6 aromatic carbocycles. The van der Waals surface area contributed by atoms with E-state index in [1.165, 1.54) is 106 Å². The van der Waals surface area contributed by atoms with Crippen molar-refractivity contribution in [1.82, 2.24) is 0 Å². The van der Waals surface area contributed by atoms with Crippen molar-refractivity contribution < 1.29 is 0 Å².